The van der Waals surface area contributed by atoms with E-state index in [2.05, 4.69) is 15.4 Å². The Morgan fingerprint density at radius 1 is 1.21 bits per heavy atom. The zero-order valence-electron chi connectivity index (χ0n) is 14.2. The van der Waals surface area contributed by atoms with Crippen LogP contribution in [0.5, 0.6) is 5.75 Å². The van der Waals surface area contributed by atoms with Gasteiger partial charge in [-0.15, -0.1) is 0 Å². The Kier molecular flexibility index (Phi) is 7.55. The van der Waals surface area contributed by atoms with Crippen LogP contribution in [0.2, 0.25) is 0 Å². The third-order valence-electron chi connectivity index (χ3n) is 4.12. The fraction of sp³-hybridized carbons (Fsp3) is 0.556. The Bertz CT molecular complexity index is 524. The maximum Gasteiger partial charge on any atom is 0.305 e. The number of amides is 1. The van der Waals surface area contributed by atoms with Crippen LogP contribution in [0, 0.1) is 5.92 Å². The van der Waals surface area contributed by atoms with E-state index in [4.69, 9.17) is 4.74 Å². The van der Waals surface area contributed by atoms with E-state index in [-0.39, 0.29) is 17.8 Å². The lowest BCUT2D eigenvalue weighted by atomic mass is 9.97. The van der Waals surface area contributed by atoms with E-state index >= 15 is 0 Å². The number of nitrogens with one attached hydrogen (secondary N) is 2. The van der Waals surface area contributed by atoms with Crippen molar-refractivity contribution in [2.24, 2.45) is 5.92 Å². The van der Waals surface area contributed by atoms with Gasteiger partial charge in [0.15, 0.2) is 0 Å². The summed E-state index contributed by atoms with van der Waals surface area (Å²) in [6.45, 7) is 2.84. The van der Waals surface area contributed by atoms with Crippen molar-refractivity contribution in [1.82, 2.24) is 10.6 Å². The van der Waals surface area contributed by atoms with Crippen LogP contribution in [0.1, 0.15) is 31.2 Å². The predicted molar refractivity (Wildman–Crippen MR) is 90.6 cm³/mol. The molecule has 2 rings (SSSR count). The quantitative estimate of drug-likeness (QED) is 0.558. The number of benzene rings is 1. The maximum absolute atomic E-state index is 12.1. The van der Waals surface area contributed by atoms with Crippen LogP contribution in [-0.4, -0.2) is 38.7 Å². The van der Waals surface area contributed by atoms with Gasteiger partial charge in [0.2, 0.25) is 5.91 Å². The zero-order valence-corrected chi connectivity index (χ0v) is 14.2. The topological polar surface area (TPSA) is 76.7 Å². The molecule has 1 amide bonds. The lowest BCUT2D eigenvalue weighted by Gasteiger charge is -2.21. The molecule has 0 atom stereocenters. The average Bonchev–Trinajstić information content (AvgIpc) is 2.64. The SMILES string of the molecule is COC(=O)CCCOc1ccc(CNC(=O)C2CCNCC2)cc1. The van der Waals surface area contributed by atoms with Crippen LogP contribution in [0.15, 0.2) is 24.3 Å². The molecule has 1 aromatic carbocycles. The molecular formula is C18H26N2O4. The molecule has 1 saturated heterocycles. The minimum atomic E-state index is -0.224. The summed E-state index contributed by atoms with van der Waals surface area (Å²) in [6.07, 6.45) is 2.80. The van der Waals surface area contributed by atoms with Crippen molar-refractivity contribution < 1.29 is 19.1 Å². The number of methoxy groups -OCH3 is 1. The van der Waals surface area contributed by atoms with Crippen molar-refractivity contribution in [1.29, 1.82) is 0 Å². The van der Waals surface area contributed by atoms with Crippen molar-refractivity contribution in [2.45, 2.75) is 32.2 Å². The molecule has 24 heavy (non-hydrogen) atoms. The van der Waals surface area contributed by atoms with Gasteiger partial charge >= 0.3 is 5.97 Å². The normalized spacial score (nSPS) is 14.9. The molecule has 1 aliphatic rings. The Morgan fingerprint density at radius 2 is 1.92 bits per heavy atom. The Morgan fingerprint density at radius 3 is 2.58 bits per heavy atom. The van der Waals surface area contributed by atoms with Gasteiger partial charge in [0.25, 0.3) is 0 Å². The molecule has 0 radical (unpaired) electrons. The first-order chi connectivity index (χ1) is 11.7. The van der Waals surface area contributed by atoms with Crippen molar-refractivity contribution >= 4 is 11.9 Å². The van der Waals surface area contributed by atoms with E-state index in [1.807, 2.05) is 24.3 Å². The van der Waals surface area contributed by atoms with Gasteiger partial charge in [-0.3, -0.25) is 9.59 Å². The third kappa shape index (κ3) is 6.20. The van der Waals surface area contributed by atoms with Gasteiger partial charge in [-0.25, -0.2) is 0 Å². The monoisotopic (exact) mass is 334 g/mol. The van der Waals surface area contributed by atoms with E-state index in [9.17, 15) is 9.59 Å². The minimum absolute atomic E-state index is 0.128. The Hall–Kier alpha value is -2.08. The molecule has 6 nitrogen and oxygen atoms in total. The summed E-state index contributed by atoms with van der Waals surface area (Å²) in [5.74, 6) is 0.801. The molecule has 132 valence electrons. The van der Waals surface area contributed by atoms with E-state index < -0.39 is 0 Å². The summed E-state index contributed by atoms with van der Waals surface area (Å²) in [7, 11) is 1.38. The number of piperidine rings is 1. The molecular weight excluding hydrogens is 308 g/mol. The molecule has 1 heterocycles. The maximum atomic E-state index is 12.1. The highest BCUT2D eigenvalue weighted by atomic mass is 16.5. The standard InChI is InChI=1S/C18H26N2O4/c1-23-17(21)3-2-12-24-16-6-4-14(5-7-16)13-20-18(22)15-8-10-19-11-9-15/h4-7,15,19H,2-3,8-13H2,1H3,(H,20,22). The van der Waals surface area contributed by atoms with Crippen LogP contribution in [0.4, 0.5) is 0 Å². The van der Waals surface area contributed by atoms with Crippen LogP contribution < -0.4 is 15.4 Å². The molecule has 2 N–H and O–H groups in total. The van der Waals surface area contributed by atoms with Crippen molar-refractivity contribution in [3.8, 4) is 5.75 Å². The van der Waals surface area contributed by atoms with E-state index in [1.165, 1.54) is 7.11 Å². The molecule has 6 heteroatoms. The zero-order chi connectivity index (χ0) is 17.2. The van der Waals surface area contributed by atoms with Crippen molar-refractivity contribution in [3.63, 3.8) is 0 Å². The summed E-state index contributed by atoms with van der Waals surface area (Å²) in [6, 6.07) is 7.64. The van der Waals surface area contributed by atoms with Crippen LogP contribution in [0.3, 0.4) is 0 Å². The molecule has 1 aliphatic heterocycles. The highest BCUT2D eigenvalue weighted by Gasteiger charge is 2.20. The van der Waals surface area contributed by atoms with Crippen molar-refractivity contribution in [2.75, 3.05) is 26.8 Å². The number of hydrogen-bond acceptors (Lipinski definition) is 5. The summed E-state index contributed by atoms with van der Waals surface area (Å²) in [5.41, 5.74) is 1.04. The molecule has 0 bridgehead atoms. The summed E-state index contributed by atoms with van der Waals surface area (Å²) in [4.78, 5) is 23.1. The van der Waals surface area contributed by atoms with Crippen molar-refractivity contribution in [3.05, 3.63) is 29.8 Å². The van der Waals surface area contributed by atoms with Gasteiger partial charge in [0.05, 0.1) is 13.7 Å². The number of carbonyl (C=O) groups is 2. The van der Waals surface area contributed by atoms with E-state index in [0.717, 1.165) is 37.2 Å². The lowest BCUT2D eigenvalue weighted by molar-refractivity contribution is -0.140. The smallest absolute Gasteiger partial charge is 0.305 e. The van der Waals surface area contributed by atoms with E-state index in [1.54, 1.807) is 0 Å². The highest BCUT2D eigenvalue weighted by molar-refractivity contribution is 5.78. The van der Waals surface area contributed by atoms with Gasteiger partial charge in [0.1, 0.15) is 5.75 Å². The summed E-state index contributed by atoms with van der Waals surface area (Å²) in [5, 5.41) is 6.26. The Labute approximate surface area is 142 Å². The fourth-order valence-corrected chi connectivity index (χ4v) is 2.63. The van der Waals surface area contributed by atoms with Gasteiger partial charge in [-0.05, 0) is 50.0 Å². The first kappa shape index (κ1) is 18.3. The second-order valence-electron chi connectivity index (χ2n) is 5.91. The van der Waals surface area contributed by atoms with Gasteiger partial charge < -0.3 is 20.1 Å². The number of carbonyl (C=O) groups excluding carboxylic acids is 2. The molecule has 0 spiro atoms. The Balaban J connectivity index is 1.67. The molecule has 0 unspecified atom stereocenters. The predicted octanol–water partition coefficient (Wildman–Crippen LogP) is 1.63. The minimum Gasteiger partial charge on any atom is -0.494 e. The van der Waals surface area contributed by atoms with Crippen LogP contribution >= 0.6 is 0 Å². The first-order valence-electron chi connectivity index (χ1n) is 8.46. The second kappa shape index (κ2) is 9.93. The van der Waals surface area contributed by atoms with Crippen LogP contribution in [0.25, 0.3) is 0 Å². The first-order valence-corrected chi connectivity index (χ1v) is 8.46. The van der Waals surface area contributed by atoms with Gasteiger partial charge in [0, 0.05) is 18.9 Å². The molecule has 0 aliphatic carbocycles. The van der Waals surface area contributed by atoms with Gasteiger partial charge in [-0.2, -0.15) is 0 Å². The number of hydrogen-bond donors (Lipinski definition) is 2. The average molecular weight is 334 g/mol. The molecule has 1 aromatic rings. The van der Waals surface area contributed by atoms with Crippen LogP contribution in [-0.2, 0) is 20.9 Å². The molecule has 0 saturated carbocycles. The summed E-state index contributed by atoms with van der Waals surface area (Å²) < 4.78 is 10.2. The lowest BCUT2D eigenvalue weighted by Crippen LogP contribution is -2.37. The molecule has 1 fully saturated rings. The second-order valence-corrected chi connectivity index (χ2v) is 5.91. The number of rotatable bonds is 8. The fourth-order valence-electron chi connectivity index (χ4n) is 2.63. The summed E-state index contributed by atoms with van der Waals surface area (Å²) >= 11 is 0. The van der Waals surface area contributed by atoms with E-state index in [0.29, 0.717) is 26.0 Å². The largest absolute Gasteiger partial charge is 0.494 e. The molecule has 0 aromatic heterocycles. The highest BCUT2D eigenvalue weighted by Crippen LogP contribution is 2.14. The third-order valence-corrected chi connectivity index (χ3v) is 4.12. The number of esters is 1. The number of ether oxygens (including phenoxy) is 2. The van der Waals surface area contributed by atoms with Gasteiger partial charge in [-0.1, -0.05) is 12.1 Å².